The van der Waals surface area contributed by atoms with Crippen LogP contribution in [0.15, 0.2) is 41.3 Å². The lowest BCUT2D eigenvalue weighted by Crippen LogP contribution is -2.22. The van der Waals surface area contributed by atoms with Crippen molar-refractivity contribution in [3.05, 3.63) is 51.7 Å². The van der Waals surface area contributed by atoms with Crippen LogP contribution >= 0.6 is 11.3 Å². The van der Waals surface area contributed by atoms with Crippen molar-refractivity contribution in [3.8, 4) is 0 Å². The predicted octanol–water partition coefficient (Wildman–Crippen LogP) is 2.35. The van der Waals surface area contributed by atoms with Crippen molar-refractivity contribution >= 4 is 33.1 Å². The smallest absolute Gasteiger partial charge is 0.338 e. The average Bonchev–Trinajstić information content (AvgIpc) is 2.98. The minimum absolute atomic E-state index is 0.0119. The number of thiophene rings is 1. The molecule has 128 valence electrons. The summed E-state index contributed by atoms with van der Waals surface area (Å²) in [6, 6.07) is 9.02. The molecule has 0 fully saturated rings. The van der Waals surface area contributed by atoms with Crippen molar-refractivity contribution < 1.29 is 22.7 Å². The van der Waals surface area contributed by atoms with E-state index in [1.54, 1.807) is 6.07 Å². The Balaban J connectivity index is 2.09. The van der Waals surface area contributed by atoms with Gasteiger partial charge in [-0.3, -0.25) is 4.79 Å². The van der Waals surface area contributed by atoms with Crippen LogP contribution in [0.2, 0.25) is 0 Å². The van der Waals surface area contributed by atoms with Gasteiger partial charge in [0.2, 0.25) is 15.8 Å². The fourth-order valence-electron chi connectivity index (χ4n) is 1.86. The number of esters is 1. The van der Waals surface area contributed by atoms with E-state index in [0.717, 1.165) is 9.18 Å². The van der Waals surface area contributed by atoms with Crippen molar-refractivity contribution in [2.45, 2.75) is 11.8 Å². The van der Waals surface area contributed by atoms with Crippen LogP contribution in [0.25, 0.3) is 0 Å². The van der Waals surface area contributed by atoms with Crippen LogP contribution < -0.4 is 0 Å². The van der Waals surface area contributed by atoms with Crippen LogP contribution in [0.5, 0.6) is 0 Å². The molecule has 0 aliphatic carbocycles. The quantitative estimate of drug-likeness (QED) is 0.578. The number of sulfonamides is 1. The normalized spacial score (nSPS) is 11.5. The summed E-state index contributed by atoms with van der Waals surface area (Å²) in [7, 11) is -0.835. The molecule has 1 heterocycles. The van der Waals surface area contributed by atoms with Gasteiger partial charge in [0.15, 0.2) is 6.61 Å². The maximum absolute atomic E-state index is 12.1. The zero-order valence-electron chi connectivity index (χ0n) is 13.5. The molecule has 1 aromatic heterocycles. The Labute approximate surface area is 144 Å². The molecule has 0 bridgehead atoms. The molecule has 0 atom stereocenters. The van der Waals surface area contributed by atoms with Crippen LogP contribution in [0.3, 0.4) is 0 Å². The summed E-state index contributed by atoms with van der Waals surface area (Å²) in [5.41, 5.74) is 0.0769. The average molecular weight is 367 g/mol. The highest BCUT2D eigenvalue weighted by Crippen LogP contribution is 2.17. The van der Waals surface area contributed by atoms with Gasteiger partial charge in [0, 0.05) is 19.0 Å². The van der Waals surface area contributed by atoms with Gasteiger partial charge in [-0.05, 0) is 37.3 Å². The number of rotatable bonds is 6. The molecule has 0 saturated heterocycles. The lowest BCUT2D eigenvalue weighted by Gasteiger charge is -2.12. The molecule has 2 aromatic rings. The van der Waals surface area contributed by atoms with E-state index in [1.165, 1.54) is 49.7 Å². The van der Waals surface area contributed by atoms with Crippen molar-refractivity contribution in [2.75, 3.05) is 20.7 Å². The summed E-state index contributed by atoms with van der Waals surface area (Å²) < 4.78 is 30.2. The third-order valence-electron chi connectivity index (χ3n) is 3.20. The molecule has 0 N–H and O–H groups in total. The second kappa shape index (κ2) is 7.25. The van der Waals surface area contributed by atoms with Gasteiger partial charge in [-0.1, -0.05) is 6.07 Å². The van der Waals surface area contributed by atoms with Gasteiger partial charge < -0.3 is 4.74 Å². The fourth-order valence-corrected chi connectivity index (χ4v) is 3.60. The zero-order chi connectivity index (χ0) is 17.9. The van der Waals surface area contributed by atoms with Crippen molar-refractivity contribution in [2.24, 2.45) is 0 Å². The molecule has 0 saturated carbocycles. The van der Waals surface area contributed by atoms with E-state index in [-0.39, 0.29) is 22.8 Å². The standard InChI is InChI=1S/C16H17NO5S2/c1-11-7-8-15(23-11)14(18)10-22-16(19)12-5-4-6-13(9-12)24(20,21)17(2)3/h4-9H,10H2,1-3H3. The molecule has 0 aliphatic heterocycles. The summed E-state index contributed by atoms with van der Waals surface area (Å²) in [4.78, 5) is 25.5. The van der Waals surface area contributed by atoms with E-state index in [0.29, 0.717) is 4.88 Å². The van der Waals surface area contributed by atoms with Crippen LogP contribution in [-0.4, -0.2) is 45.2 Å². The summed E-state index contributed by atoms with van der Waals surface area (Å²) in [5.74, 6) is -1.04. The first kappa shape index (κ1) is 18.3. The van der Waals surface area contributed by atoms with Gasteiger partial charge in [0.1, 0.15) is 0 Å². The van der Waals surface area contributed by atoms with Gasteiger partial charge in [0.25, 0.3) is 0 Å². The third-order valence-corrected chi connectivity index (χ3v) is 6.05. The monoisotopic (exact) mass is 367 g/mol. The Morgan fingerprint density at radius 3 is 2.46 bits per heavy atom. The number of carbonyl (C=O) groups is 2. The minimum Gasteiger partial charge on any atom is -0.454 e. The molecule has 0 radical (unpaired) electrons. The Morgan fingerprint density at radius 1 is 1.17 bits per heavy atom. The minimum atomic E-state index is -3.64. The number of ketones is 1. The first-order valence-electron chi connectivity index (χ1n) is 7.01. The van der Waals surface area contributed by atoms with E-state index in [9.17, 15) is 18.0 Å². The van der Waals surface area contributed by atoms with E-state index >= 15 is 0 Å². The van der Waals surface area contributed by atoms with Crippen LogP contribution in [0, 0.1) is 6.92 Å². The molecule has 1 aromatic carbocycles. The second-order valence-electron chi connectivity index (χ2n) is 5.22. The summed E-state index contributed by atoms with van der Waals surface area (Å²) in [6.07, 6.45) is 0. The van der Waals surface area contributed by atoms with E-state index in [1.807, 2.05) is 13.0 Å². The van der Waals surface area contributed by atoms with Crippen molar-refractivity contribution in [1.82, 2.24) is 4.31 Å². The molecule has 2 rings (SSSR count). The fraction of sp³-hybridized carbons (Fsp3) is 0.250. The number of aryl methyl sites for hydroxylation is 1. The third kappa shape index (κ3) is 4.08. The number of hydrogen-bond acceptors (Lipinski definition) is 6. The molecule has 24 heavy (non-hydrogen) atoms. The molecule has 8 heteroatoms. The molecular weight excluding hydrogens is 350 g/mol. The molecule has 0 aliphatic rings. The topological polar surface area (TPSA) is 80.8 Å². The predicted molar refractivity (Wildman–Crippen MR) is 91.0 cm³/mol. The van der Waals surface area contributed by atoms with Gasteiger partial charge in [-0.2, -0.15) is 0 Å². The highest BCUT2D eigenvalue weighted by Gasteiger charge is 2.20. The summed E-state index contributed by atoms with van der Waals surface area (Å²) >= 11 is 1.33. The number of carbonyl (C=O) groups excluding carboxylic acids is 2. The molecular formula is C16H17NO5S2. The molecule has 0 unspecified atom stereocenters. The Morgan fingerprint density at radius 2 is 1.88 bits per heavy atom. The Kier molecular flexibility index (Phi) is 5.53. The van der Waals surface area contributed by atoms with E-state index in [4.69, 9.17) is 4.74 Å². The summed E-state index contributed by atoms with van der Waals surface area (Å²) in [6.45, 7) is 1.49. The van der Waals surface area contributed by atoms with Gasteiger partial charge in [-0.25, -0.2) is 17.5 Å². The second-order valence-corrected chi connectivity index (χ2v) is 8.66. The lowest BCUT2D eigenvalue weighted by atomic mass is 10.2. The molecule has 0 amide bonds. The highest BCUT2D eigenvalue weighted by molar-refractivity contribution is 7.89. The largest absolute Gasteiger partial charge is 0.454 e. The SMILES string of the molecule is Cc1ccc(C(=O)COC(=O)c2cccc(S(=O)(=O)N(C)C)c2)s1. The molecule has 0 spiro atoms. The summed E-state index contributed by atoms with van der Waals surface area (Å²) in [5, 5.41) is 0. The van der Waals surface area contributed by atoms with Gasteiger partial charge >= 0.3 is 5.97 Å². The maximum atomic E-state index is 12.1. The zero-order valence-corrected chi connectivity index (χ0v) is 15.1. The first-order chi connectivity index (χ1) is 11.2. The number of ether oxygens (including phenoxy) is 1. The van der Waals surface area contributed by atoms with Crippen molar-refractivity contribution in [3.63, 3.8) is 0 Å². The maximum Gasteiger partial charge on any atom is 0.338 e. The molecule has 6 nitrogen and oxygen atoms in total. The van der Waals surface area contributed by atoms with Crippen LogP contribution in [0.1, 0.15) is 24.9 Å². The van der Waals surface area contributed by atoms with Gasteiger partial charge in [-0.15, -0.1) is 11.3 Å². The van der Waals surface area contributed by atoms with Crippen molar-refractivity contribution in [1.29, 1.82) is 0 Å². The van der Waals surface area contributed by atoms with Gasteiger partial charge in [0.05, 0.1) is 15.3 Å². The van der Waals surface area contributed by atoms with E-state index < -0.39 is 16.0 Å². The number of nitrogens with zero attached hydrogens (tertiary/aromatic N) is 1. The highest BCUT2D eigenvalue weighted by atomic mass is 32.2. The van der Waals surface area contributed by atoms with E-state index in [2.05, 4.69) is 0 Å². The Hall–Kier alpha value is -2.03. The Bertz CT molecular complexity index is 868. The number of benzene rings is 1. The van der Waals surface area contributed by atoms with Crippen LogP contribution in [0.4, 0.5) is 0 Å². The lowest BCUT2D eigenvalue weighted by molar-refractivity contribution is 0.0475. The number of Topliss-reactive ketones (excluding diaryl/α,β-unsaturated/α-hetero) is 1. The van der Waals surface area contributed by atoms with Crippen LogP contribution in [-0.2, 0) is 14.8 Å². The first-order valence-corrected chi connectivity index (χ1v) is 9.27. The number of hydrogen-bond donors (Lipinski definition) is 0.